The van der Waals surface area contributed by atoms with Gasteiger partial charge in [0, 0.05) is 36.9 Å². The molecule has 1 aromatic rings. The number of benzene rings is 1. The van der Waals surface area contributed by atoms with Crippen LogP contribution in [0, 0.1) is 0 Å². The average Bonchev–Trinajstić information content (AvgIpc) is 2.47. The number of aliphatic hydroxyl groups is 1. The molecule has 0 amide bonds. The van der Waals surface area contributed by atoms with Crippen LogP contribution >= 0.6 is 11.6 Å². The summed E-state index contributed by atoms with van der Waals surface area (Å²) in [4.78, 5) is 2.13. The Balaban J connectivity index is 2.01. The van der Waals surface area contributed by atoms with Crippen molar-refractivity contribution >= 4 is 27.3 Å². The maximum absolute atomic E-state index is 12.1. The van der Waals surface area contributed by atoms with Gasteiger partial charge in [0.15, 0.2) is 0 Å². The summed E-state index contributed by atoms with van der Waals surface area (Å²) in [7, 11) is -3.39. The van der Waals surface area contributed by atoms with Gasteiger partial charge in [-0.05, 0) is 31.2 Å². The van der Waals surface area contributed by atoms with E-state index in [4.69, 9.17) is 16.7 Å². The van der Waals surface area contributed by atoms with Crippen molar-refractivity contribution in [3.05, 3.63) is 29.3 Å². The highest BCUT2D eigenvalue weighted by Crippen LogP contribution is 2.21. The quantitative estimate of drug-likeness (QED) is 0.905. The lowest BCUT2D eigenvalue weighted by atomic mass is 10.2. The van der Waals surface area contributed by atoms with E-state index < -0.39 is 15.3 Å². The Bertz CT molecular complexity index is 539. The molecule has 1 aromatic carbocycles. The van der Waals surface area contributed by atoms with Crippen LogP contribution in [0.15, 0.2) is 24.3 Å². The number of piperazine rings is 1. The number of hydrogen-bond acceptors (Lipinski definition) is 4. The Morgan fingerprint density at radius 2 is 1.75 bits per heavy atom. The molecule has 1 unspecified atom stereocenters. The highest BCUT2D eigenvalue weighted by molar-refractivity contribution is 7.89. The normalized spacial score (nSPS) is 19.1. The Morgan fingerprint density at radius 3 is 2.25 bits per heavy atom. The van der Waals surface area contributed by atoms with Crippen LogP contribution in [0.1, 0.15) is 6.92 Å². The van der Waals surface area contributed by atoms with Crippen LogP contribution in [0.25, 0.3) is 0 Å². The fourth-order valence-corrected chi connectivity index (χ4v) is 3.70. The zero-order chi connectivity index (χ0) is 14.8. The van der Waals surface area contributed by atoms with Crippen molar-refractivity contribution < 1.29 is 13.5 Å². The molecule has 0 bridgehead atoms. The van der Waals surface area contributed by atoms with Gasteiger partial charge in [-0.25, -0.2) is 8.42 Å². The molecule has 2 rings (SSSR count). The van der Waals surface area contributed by atoms with Gasteiger partial charge in [0.05, 0.1) is 11.9 Å². The monoisotopic (exact) mass is 318 g/mol. The Kier molecular flexibility index (Phi) is 4.90. The van der Waals surface area contributed by atoms with Gasteiger partial charge in [0.1, 0.15) is 0 Å². The maximum atomic E-state index is 12.1. The SMILES string of the molecule is CC(CO)S(=O)(=O)N1CCN(c2ccc(Cl)cc2)CC1. The minimum atomic E-state index is -3.39. The number of aliphatic hydroxyl groups excluding tert-OH is 1. The van der Waals surface area contributed by atoms with Crippen LogP contribution < -0.4 is 4.90 Å². The molecule has 20 heavy (non-hydrogen) atoms. The summed E-state index contributed by atoms with van der Waals surface area (Å²) in [6, 6.07) is 7.52. The zero-order valence-electron chi connectivity index (χ0n) is 11.4. The van der Waals surface area contributed by atoms with E-state index in [1.54, 1.807) is 0 Å². The van der Waals surface area contributed by atoms with Gasteiger partial charge < -0.3 is 10.0 Å². The first kappa shape index (κ1) is 15.6. The third-order valence-electron chi connectivity index (χ3n) is 3.56. The third-order valence-corrected chi connectivity index (χ3v) is 6.06. The standard InChI is InChI=1S/C13H19ClN2O3S/c1-11(10-17)20(18,19)16-8-6-15(7-9-16)13-4-2-12(14)3-5-13/h2-5,11,17H,6-10H2,1H3. The number of hydrogen-bond donors (Lipinski definition) is 1. The van der Waals surface area contributed by atoms with Gasteiger partial charge in [-0.1, -0.05) is 11.6 Å². The van der Waals surface area contributed by atoms with Crippen LogP contribution in [0.4, 0.5) is 5.69 Å². The molecule has 0 aliphatic carbocycles. The number of rotatable bonds is 4. The second-order valence-electron chi connectivity index (χ2n) is 4.90. The number of nitrogens with zero attached hydrogens (tertiary/aromatic N) is 2. The largest absolute Gasteiger partial charge is 0.395 e. The van der Waals surface area contributed by atoms with Gasteiger partial charge in [-0.2, -0.15) is 4.31 Å². The van der Waals surface area contributed by atoms with Gasteiger partial charge in [0.25, 0.3) is 0 Å². The Labute approximate surface area is 124 Å². The molecule has 1 aliphatic heterocycles. The van der Waals surface area contributed by atoms with Crippen LogP contribution in [0.2, 0.25) is 5.02 Å². The first-order valence-electron chi connectivity index (χ1n) is 6.55. The van der Waals surface area contributed by atoms with Crippen LogP contribution in [0.5, 0.6) is 0 Å². The lowest BCUT2D eigenvalue weighted by molar-refractivity contribution is 0.287. The first-order valence-corrected chi connectivity index (χ1v) is 8.43. The molecule has 5 nitrogen and oxygen atoms in total. The van der Waals surface area contributed by atoms with Crippen LogP contribution in [-0.4, -0.2) is 55.9 Å². The summed E-state index contributed by atoms with van der Waals surface area (Å²) < 4.78 is 25.7. The fourth-order valence-electron chi connectivity index (χ4n) is 2.20. The van der Waals surface area contributed by atoms with E-state index in [0.29, 0.717) is 31.2 Å². The molecular weight excluding hydrogens is 300 g/mol. The van der Waals surface area contributed by atoms with Crippen LogP contribution in [0.3, 0.4) is 0 Å². The van der Waals surface area contributed by atoms with Crippen molar-refractivity contribution in [1.82, 2.24) is 4.31 Å². The van der Waals surface area contributed by atoms with Crippen molar-refractivity contribution in [2.75, 3.05) is 37.7 Å². The van der Waals surface area contributed by atoms with E-state index in [1.165, 1.54) is 11.2 Å². The number of halogens is 1. The minimum Gasteiger partial charge on any atom is -0.395 e. The number of sulfonamides is 1. The molecule has 1 aliphatic rings. The predicted octanol–water partition coefficient (Wildman–Crippen LogP) is 1.17. The van der Waals surface area contributed by atoms with Gasteiger partial charge in [-0.15, -0.1) is 0 Å². The first-order chi connectivity index (χ1) is 9.45. The van der Waals surface area contributed by atoms with Crippen molar-refractivity contribution in [2.24, 2.45) is 0 Å². The van der Waals surface area contributed by atoms with E-state index >= 15 is 0 Å². The highest BCUT2D eigenvalue weighted by Gasteiger charge is 2.31. The van der Waals surface area contributed by atoms with Crippen molar-refractivity contribution in [2.45, 2.75) is 12.2 Å². The van der Waals surface area contributed by atoms with Crippen LogP contribution in [-0.2, 0) is 10.0 Å². The van der Waals surface area contributed by atoms with E-state index in [2.05, 4.69) is 4.90 Å². The molecule has 0 radical (unpaired) electrons. The number of anilines is 1. The van der Waals surface area contributed by atoms with Gasteiger partial charge in [0.2, 0.25) is 10.0 Å². The summed E-state index contributed by atoms with van der Waals surface area (Å²) in [5.74, 6) is 0. The maximum Gasteiger partial charge on any atom is 0.219 e. The van der Waals surface area contributed by atoms with E-state index in [1.807, 2.05) is 24.3 Å². The van der Waals surface area contributed by atoms with Gasteiger partial charge in [-0.3, -0.25) is 0 Å². The molecule has 1 fully saturated rings. The van der Waals surface area contributed by atoms with E-state index in [0.717, 1.165) is 5.69 Å². The zero-order valence-corrected chi connectivity index (χ0v) is 12.9. The van der Waals surface area contributed by atoms with Crippen molar-refractivity contribution in [3.63, 3.8) is 0 Å². The molecular formula is C13H19ClN2O3S. The molecule has 1 N–H and O–H groups in total. The van der Waals surface area contributed by atoms with E-state index in [9.17, 15) is 8.42 Å². The molecule has 1 heterocycles. The highest BCUT2D eigenvalue weighted by atomic mass is 35.5. The fraction of sp³-hybridized carbons (Fsp3) is 0.538. The molecule has 0 saturated carbocycles. The molecule has 7 heteroatoms. The van der Waals surface area contributed by atoms with Crippen molar-refractivity contribution in [3.8, 4) is 0 Å². The Hall–Kier alpha value is -0.820. The second kappa shape index (κ2) is 6.30. The smallest absolute Gasteiger partial charge is 0.219 e. The summed E-state index contributed by atoms with van der Waals surface area (Å²) >= 11 is 5.85. The summed E-state index contributed by atoms with van der Waals surface area (Å²) in [5.41, 5.74) is 1.04. The summed E-state index contributed by atoms with van der Waals surface area (Å²) in [5, 5.41) is 8.97. The van der Waals surface area contributed by atoms with Crippen molar-refractivity contribution in [1.29, 1.82) is 0 Å². The minimum absolute atomic E-state index is 0.347. The van der Waals surface area contributed by atoms with Gasteiger partial charge >= 0.3 is 0 Å². The molecule has 0 spiro atoms. The summed E-state index contributed by atoms with van der Waals surface area (Å²) in [6.45, 7) is 3.34. The predicted molar refractivity (Wildman–Crippen MR) is 80.7 cm³/mol. The second-order valence-corrected chi connectivity index (χ2v) is 7.69. The molecule has 112 valence electrons. The lowest BCUT2D eigenvalue weighted by Crippen LogP contribution is -2.51. The summed E-state index contributed by atoms with van der Waals surface area (Å²) in [6.07, 6.45) is 0. The Morgan fingerprint density at radius 1 is 1.20 bits per heavy atom. The lowest BCUT2D eigenvalue weighted by Gasteiger charge is -2.36. The van der Waals surface area contributed by atoms with E-state index in [-0.39, 0.29) is 6.61 Å². The molecule has 0 aromatic heterocycles. The third kappa shape index (κ3) is 3.25. The molecule has 1 atom stereocenters. The topological polar surface area (TPSA) is 60.9 Å². The average molecular weight is 319 g/mol. The molecule has 1 saturated heterocycles.